The van der Waals surface area contributed by atoms with Crippen LogP contribution in [-0.2, 0) is 11.2 Å². The van der Waals surface area contributed by atoms with Gasteiger partial charge in [0.1, 0.15) is 11.5 Å². The first-order chi connectivity index (χ1) is 13.7. The third-order valence-corrected chi connectivity index (χ3v) is 4.37. The lowest BCUT2D eigenvalue weighted by Gasteiger charge is -2.16. The Balaban J connectivity index is 1.39. The number of nitrogens with zero attached hydrogens (tertiary/aromatic N) is 2. The maximum Gasteiger partial charge on any atom is 0.225 e. The van der Waals surface area contributed by atoms with Gasteiger partial charge in [-0.2, -0.15) is 0 Å². The summed E-state index contributed by atoms with van der Waals surface area (Å²) < 4.78 is 5.76. The zero-order valence-electron chi connectivity index (χ0n) is 16.0. The topological polar surface area (TPSA) is 54.5 Å². The van der Waals surface area contributed by atoms with E-state index in [4.69, 9.17) is 4.74 Å². The Morgan fingerprint density at radius 2 is 1.61 bits per heavy atom. The number of amides is 1. The number of hydrogen-bond donors (Lipinski definition) is 1. The Bertz CT molecular complexity index is 852. The first-order valence-electron chi connectivity index (χ1n) is 9.39. The number of carbonyl (C=O) groups excluding carboxylic acids is 1. The van der Waals surface area contributed by atoms with Crippen molar-refractivity contribution in [2.45, 2.75) is 12.8 Å². The molecular weight excluding hydrogens is 350 g/mol. The quantitative estimate of drug-likeness (QED) is 0.603. The molecule has 0 saturated carbocycles. The van der Waals surface area contributed by atoms with Gasteiger partial charge in [0, 0.05) is 37.6 Å². The van der Waals surface area contributed by atoms with Crippen molar-refractivity contribution in [3.05, 3.63) is 84.7 Å². The van der Waals surface area contributed by atoms with Crippen molar-refractivity contribution in [2.75, 3.05) is 25.5 Å². The molecule has 0 aliphatic carbocycles. The van der Waals surface area contributed by atoms with Crippen LogP contribution in [0.4, 0.5) is 5.69 Å². The molecule has 1 aromatic heterocycles. The summed E-state index contributed by atoms with van der Waals surface area (Å²) in [6.45, 7) is 1.62. The van der Waals surface area contributed by atoms with Crippen LogP contribution in [0.1, 0.15) is 12.0 Å². The van der Waals surface area contributed by atoms with Gasteiger partial charge in [-0.3, -0.25) is 9.78 Å². The van der Waals surface area contributed by atoms with E-state index in [2.05, 4.69) is 15.2 Å². The monoisotopic (exact) mass is 375 g/mol. The normalized spacial score (nSPS) is 10.6. The van der Waals surface area contributed by atoms with Crippen LogP contribution in [0.3, 0.4) is 0 Å². The molecule has 5 heteroatoms. The standard InChI is InChI=1S/C23H25N3O2/c1-26(17-13-19-11-15-24-16-12-19)18-14-23(27)25-20-7-9-22(10-8-20)28-21-5-3-2-4-6-21/h2-12,15-16H,13-14,17-18H2,1H3,(H,25,27). The lowest BCUT2D eigenvalue weighted by molar-refractivity contribution is -0.116. The molecule has 0 bridgehead atoms. The Morgan fingerprint density at radius 3 is 2.32 bits per heavy atom. The number of likely N-dealkylation sites (N-methyl/N-ethyl adjacent to an activating group) is 1. The maximum atomic E-state index is 12.2. The molecule has 3 aromatic rings. The molecule has 0 unspecified atom stereocenters. The number of rotatable bonds is 9. The smallest absolute Gasteiger partial charge is 0.225 e. The minimum atomic E-state index is 0.00693. The molecule has 0 fully saturated rings. The fourth-order valence-electron chi connectivity index (χ4n) is 2.73. The number of carbonyl (C=O) groups is 1. The summed E-state index contributed by atoms with van der Waals surface area (Å²) in [6.07, 6.45) is 5.01. The Hall–Kier alpha value is -3.18. The molecule has 0 radical (unpaired) electrons. The molecule has 0 aliphatic rings. The molecule has 1 heterocycles. The average molecular weight is 375 g/mol. The second-order valence-corrected chi connectivity index (χ2v) is 6.65. The van der Waals surface area contributed by atoms with Crippen LogP contribution in [0.2, 0.25) is 0 Å². The Labute approximate surface area is 166 Å². The minimum Gasteiger partial charge on any atom is -0.457 e. The molecule has 0 aliphatic heterocycles. The molecule has 0 spiro atoms. The zero-order chi connectivity index (χ0) is 19.6. The third-order valence-electron chi connectivity index (χ3n) is 4.37. The number of hydrogen-bond acceptors (Lipinski definition) is 4. The van der Waals surface area contributed by atoms with E-state index in [1.54, 1.807) is 12.4 Å². The molecule has 0 saturated heterocycles. The number of para-hydroxylation sites is 1. The van der Waals surface area contributed by atoms with Crippen molar-refractivity contribution in [3.63, 3.8) is 0 Å². The Kier molecular flexibility index (Phi) is 7.15. The van der Waals surface area contributed by atoms with Gasteiger partial charge >= 0.3 is 0 Å². The van der Waals surface area contributed by atoms with E-state index >= 15 is 0 Å². The van der Waals surface area contributed by atoms with Crippen molar-refractivity contribution >= 4 is 11.6 Å². The fraction of sp³-hybridized carbons (Fsp3) is 0.217. The van der Waals surface area contributed by atoms with E-state index in [9.17, 15) is 4.79 Å². The summed E-state index contributed by atoms with van der Waals surface area (Å²) >= 11 is 0. The van der Waals surface area contributed by atoms with Crippen LogP contribution >= 0.6 is 0 Å². The van der Waals surface area contributed by atoms with E-state index in [1.165, 1.54) is 5.56 Å². The van der Waals surface area contributed by atoms with Gasteiger partial charge < -0.3 is 15.0 Å². The molecule has 144 valence electrons. The molecular formula is C23H25N3O2. The van der Waals surface area contributed by atoms with Crippen molar-refractivity contribution in [1.82, 2.24) is 9.88 Å². The van der Waals surface area contributed by atoms with Crippen LogP contribution in [0.25, 0.3) is 0 Å². The largest absolute Gasteiger partial charge is 0.457 e. The van der Waals surface area contributed by atoms with E-state index in [1.807, 2.05) is 73.8 Å². The van der Waals surface area contributed by atoms with Crippen molar-refractivity contribution in [3.8, 4) is 11.5 Å². The molecule has 2 aromatic carbocycles. The van der Waals surface area contributed by atoms with E-state index in [0.29, 0.717) is 13.0 Å². The van der Waals surface area contributed by atoms with Gasteiger partial charge in [-0.1, -0.05) is 18.2 Å². The van der Waals surface area contributed by atoms with Crippen molar-refractivity contribution in [1.29, 1.82) is 0 Å². The lowest BCUT2D eigenvalue weighted by atomic mass is 10.2. The minimum absolute atomic E-state index is 0.00693. The highest BCUT2D eigenvalue weighted by atomic mass is 16.5. The fourth-order valence-corrected chi connectivity index (χ4v) is 2.73. The maximum absolute atomic E-state index is 12.2. The summed E-state index contributed by atoms with van der Waals surface area (Å²) in [5.74, 6) is 1.53. The SMILES string of the molecule is CN(CCC(=O)Nc1ccc(Oc2ccccc2)cc1)CCc1ccncc1. The van der Waals surface area contributed by atoms with Gasteiger partial charge in [0.2, 0.25) is 5.91 Å². The summed E-state index contributed by atoms with van der Waals surface area (Å²) in [6, 6.07) is 21.1. The molecule has 3 rings (SSSR count). The molecule has 0 atom stereocenters. The third kappa shape index (κ3) is 6.52. The predicted octanol–water partition coefficient (Wildman–Crippen LogP) is 4.38. The summed E-state index contributed by atoms with van der Waals surface area (Å²) in [4.78, 5) is 18.4. The lowest BCUT2D eigenvalue weighted by Crippen LogP contribution is -2.26. The van der Waals surface area contributed by atoms with Crippen LogP contribution in [0, 0.1) is 0 Å². The number of aromatic nitrogens is 1. The average Bonchev–Trinajstić information content (AvgIpc) is 2.74. The van der Waals surface area contributed by atoms with Gasteiger partial charge in [0.05, 0.1) is 0 Å². The predicted molar refractivity (Wildman–Crippen MR) is 112 cm³/mol. The number of nitrogens with one attached hydrogen (secondary N) is 1. The second kappa shape index (κ2) is 10.2. The van der Waals surface area contributed by atoms with Crippen LogP contribution < -0.4 is 10.1 Å². The highest BCUT2D eigenvalue weighted by molar-refractivity contribution is 5.90. The van der Waals surface area contributed by atoms with E-state index in [-0.39, 0.29) is 5.91 Å². The van der Waals surface area contributed by atoms with Crippen LogP contribution in [-0.4, -0.2) is 35.9 Å². The number of pyridine rings is 1. The van der Waals surface area contributed by atoms with E-state index < -0.39 is 0 Å². The van der Waals surface area contributed by atoms with Gasteiger partial charge in [0.25, 0.3) is 0 Å². The Morgan fingerprint density at radius 1 is 0.929 bits per heavy atom. The molecule has 28 heavy (non-hydrogen) atoms. The van der Waals surface area contributed by atoms with Gasteiger partial charge in [-0.05, 0) is 67.6 Å². The van der Waals surface area contributed by atoms with Crippen molar-refractivity contribution in [2.24, 2.45) is 0 Å². The van der Waals surface area contributed by atoms with E-state index in [0.717, 1.165) is 30.2 Å². The zero-order valence-corrected chi connectivity index (χ0v) is 16.0. The van der Waals surface area contributed by atoms with Crippen LogP contribution in [0.15, 0.2) is 79.1 Å². The second-order valence-electron chi connectivity index (χ2n) is 6.65. The van der Waals surface area contributed by atoms with Gasteiger partial charge in [-0.25, -0.2) is 0 Å². The molecule has 5 nitrogen and oxygen atoms in total. The summed E-state index contributed by atoms with van der Waals surface area (Å²) in [7, 11) is 2.03. The molecule has 1 N–H and O–H groups in total. The summed E-state index contributed by atoms with van der Waals surface area (Å²) in [5.41, 5.74) is 2.02. The number of ether oxygens (including phenoxy) is 1. The number of benzene rings is 2. The first kappa shape index (κ1) is 19.6. The van der Waals surface area contributed by atoms with Gasteiger partial charge in [0.15, 0.2) is 0 Å². The first-order valence-corrected chi connectivity index (χ1v) is 9.39. The van der Waals surface area contributed by atoms with Gasteiger partial charge in [-0.15, -0.1) is 0 Å². The molecule has 1 amide bonds. The van der Waals surface area contributed by atoms with Crippen LogP contribution in [0.5, 0.6) is 11.5 Å². The van der Waals surface area contributed by atoms with Crippen molar-refractivity contribution < 1.29 is 9.53 Å². The number of anilines is 1. The highest BCUT2D eigenvalue weighted by Crippen LogP contribution is 2.22. The summed E-state index contributed by atoms with van der Waals surface area (Å²) in [5, 5.41) is 2.93. The highest BCUT2D eigenvalue weighted by Gasteiger charge is 2.06.